The molecule has 2 aromatic heterocycles. The molecule has 3 heteroatoms. The maximum Gasteiger partial charge on any atom is 0.0600 e. The van der Waals surface area contributed by atoms with Gasteiger partial charge in [0.2, 0.25) is 0 Å². The van der Waals surface area contributed by atoms with Crippen molar-refractivity contribution >= 4 is 16.6 Å². The highest BCUT2D eigenvalue weighted by molar-refractivity contribution is 5.99. The Bertz CT molecular complexity index is 764. The van der Waals surface area contributed by atoms with E-state index in [9.17, 15) is 0 Å². The molecule has 0 atom stereocenters. The SMILES string of the molecule is CCCCCNc1cn(C)cc1-c1cn(C)c2ccccc12. The molecule has 3 nitrogen and oxygen atoms in total. The van der Waals surface area contributed by atoms with Crippen LogP contribution in [0.3, 0.4) is 0 Å². The van der Waals surface area contributed by atoms with Crippen molar-refractivity contribution in [3.8, 4) is 11.1 Å². The van der Waals surface area contributed by atoms with Crippen LogP contribution >= 0.6 is 0 Å². The van der Waals surface area contributed by atoms with Gasteiger partial charge in [0.25, 0.3) is 0 Å². The number of benzene rings is 1. The van der Waals surface area contributed by atoms with Gasteiger partial charge in [-0.1, -0.05) is 38.0 Å². The number of aryl methyl sites for hydroxylation is 2. The molecule has 3 rings (SSSR count). The van der Waals surface area contributed by atoms with Crippen molar-refractivity contribution in [1.82, 2.24) is 9.13 Å². The van der Waals surface area contributed by atoms with Crippen LogP contribution in [0, 0.1) is 0 Å². The van der Waals surface area contributed by atoms with Crippen LogP contribution in [-0.4, -0.2) is 15.7 Å². The number of anilines is 1. The van der Waals surface area contributed by atoms with Gasteiger partial charge in [0.1, 0.15) is 0 Å². The zero-order valence-electron chi connectivity index (χ0n) is 13.8. The predicted octanol–water partition coefficient (Wildman–Crippen LogP) is 4.79. The van der Waals surface area contributed by atoms with Crippen LogP contribution in [0.1, 0.15) is 26.2 Å². The minimum absolute atomic E-state index is 1.04. The molecule has 0 aliphatic heterocycles. The Kier molecular flexibility index (Phi) is 4.23. The molecule has 0 aliphatic rings. The summed E-state index contributed by atoms with van der Waals surface area (Å²) in [4.78, 5) is 0. The molecular formula is C19H25N3. The fraction of sp³-hybridized carbons (Fsp3) is 0.368. The van der Waals surface area contributed by atoms with Crippen LogP contribution in [0.5, 0.6) is 0 Å². The molecule has 1 N–H and O–H groups in total. The van der Waals surface area contributed by atoms with Gasteiger partial charge in [-0.15, -0.1) is 0 Å². The average Bonchev–Trinajstić information content (AvgIpc) is 3.05. The summed E-state index contributed by atoms with van der Waals surface area (Å²) in [6, 6.07) is 8.60. The molecule has 0 spiro atoms. The quantitative estimate of drug-likeness (QED) is 0.649. The predicted molar refractivity (Wildman–Crippen MR) is 95.3 cm³/mol. The van der Waals surface area contributed by atoms with E-state index in [0.717, 1.165) is 6.54 Å². The Labute approximate surface area is 132 Å². The van der Waals surface area contributed by atoms with Gasteiger partial charge in [0.15, 0.2) is 0 Å². The van der Waals surface area contributed by atoms with Crippen LogP contribution < -0.4 is 5.32 Å². The van der Waals surface area contributed by atoms with E-state index >= 15 is 0 Å². The first kappa shape index (κ1) is 14.8. The molecule has 0 amide bonds. The standard InChI is InChI=1S/C19H25N3/c1-4-5-8-11-20-18-14-21(2)12-17(18)16-13-22(3)19-10-7-6-9-15(16)19/h6-7,9-10,12-14,20H,4-5,8,11H2,1-3H3. The molecule has 3 aromatic rings. The maximum atomic E-state index is 3.61. The highest BCUT2D eigenvalue weighted by Crippen LogP contribution is 2.35. The largest absolute Gasteiger partial charge is 0.383 e. The summed E-state index contributed by atoms with van der Waals surface area (Å²) >= 11 is 0. The normalized spacial score (nSPS) is 11.2. The first-order valence-corrected chi connectivity index (χ1v) is 8.15. The monoisotopic (exact) mass is 295 g/mol. The third-order valence-corrected chi connectivity index (χ3v) is 4.24. The van der Waals surface area contributed by atoms with Crippen LogP contribution in [0.25, 0.3) is 22.0 Å². The summed E-state index contributed by atoms with van der Waals surface area (Å²) in [6.45, 7) is 3.28. The number of unbranched alkanes of at least 4 members (excludes halogenated alkanes) is 2. The van der Waals surface area contributed by atoms with E-state index in [1.54, 1.807) is 0 Å². The van der Waals surface area contributed by atoms with E-state index in [1.165, 1.54) is 47.0 Å². The van der Waals surface area contributed by atoms with Crippen molar-refractivity contribution < 1.29 is 0 Å². The fourth-order valence-electron chi connectivity index (χ4n) is 3.09. The number of para-hydroxylation sites is 1. The van der Waals surface area contributed by atoms with Crippen LogP contribution in [-0.2, 0) is 14.1 Å². The highest BCUT2D eigenvalue weighted by Gasteiger charge is 2.13. The minimum Gasteiger partial charge on any atom is -0.383 e. The van der Waals surface area contributed by atoms with Crippen molar-refractivity contribution in [3.63, 3.8) is 0 Å². The van der Waals surface area contributed by atoms with Gasteiger partial charge in [-0.2, -0.15) is 0 Å². The molecule has 0 saturated heterocycles. The van der Waals surface area contributed by atoms with Crippen molar-refractivity contribution in [1.29, 1.82) is 0 Å². The lowest BCUT2D eigenvalue weighted by Crippen LogP contribution is -2.01. The molecule has 0 aliphatic carbocycles. The maximum absolute atomic E-state index is 3.61. The Morgan fingerprint density at radius 2 is 1.77 bits per heavy atom. The number of aromatic nitrogens is 2. The average molecular weight is 295 g/mol. The third-order valence-electron chi connectivity index (χ3n) is 4.24. The van der Waals surface area contributed by atoms with Gasteiger partial charge >= 0.3 is 0 Å². The second-order valence-electron chi connectivity index (χ2n) is 6.06. The van der Waals surface area contributed by atoms with E-state index < -0.39 is 0 Å². The van der Waals surface area contributed by atoms with Gasteiger partial charge in [-0.25, -0.2) is 0 Å². The summed E-state index contributed by atoms with van der Waals surface area (Å²) in [5.41, 5.74) is 5.10. The molecule has 1 aromatic carbocycles. The molecule has 22 heavy (non-hydrogen) atoms. The third kappa shape index (κ3) is 2.76. The van der Waals surface area contributed by atoms with Crippen LogP contribution in [0.15, 0.2) is 42.9 Å². The van der Waals surface area contributed by atoms with Crippen molar-refractivity contribution in [3.05, 3.63) is 42.9 Å². The lowest BCUT2D eigenvalue weighted by Gasteiger charge is -2.06. The Balaban J connectivity index is 1.96. The lowest BCUT2D eigenvalue weighted by atomic mass is 10.1. The Morgan fingerprint density at radius 1 is 0.955 bits per heavy atom. The van der Waals surface area contributed by atoms with E-state index in [-0.39, 0.29) is 0 Å². The summed E-state index contributed by atoms with van der Waals surface area (Å²) in [7, 11) is 4.20. The second kappa shape index (κ2) is 6.30. The molecule has 0 saturated carbocycles. The topological polar surface area (TPSA) is 21.9 Å². The van der Waals surface area contributed by atoms with E-state index in [2.05, 4.69) is 78.3 Å². The van der Waals surface area contributed by atoms with Crippen molar-refractivity contribution in [2.45, 2.75) is 26.2 Å². The first-order valence-electron chi connectivity index (χ1n) is 8.15. The number of nitrogens with one attached hydrogen (secondary N) is 1. The number of hydrogen-bond donors (Lipinski definition) is 1. The van der Waals surface area contributed by atoms with Crippen molar-refractivity contribution in [2.24, 2.45) is 14.1 Å². The molecule has 0 radical (unpaired) electrons. The van der Waals surface area contributed by atoms with E-state index in [0.29, 0.717) is 0 Å². The zero-order valence-corrected chi connectivity index (χ0v) is 13.8. The van der Waals surface area contributed by atoms with Gasteiger partial charge in [-0.3, -0.25) is 0 Å². The number of rotatable bonds is 6. The van der Waals surface area contributed by atoms with Crippen LogP contribution in [0.2, 0.25) is 0 Å². The van der Waals surface area contributed by atoms with Gasteiger partial charge in [-0.05, 0) is 12.5 Å². The number of fused-ring (bicyclic) bond motifs is 1. The highest BCUT2D eigenvalue weighted by atomic mass is 15.0. The fourth-order valence-corrected chi connectivity index (χ4v) is 3.09. The van der Waals surface area contributed by atoms with Gasteiger partial charge in [0.05, 0.1) is 5.69 Å². The second-order valence-corrected chi connectivity index (χ2v) is 6.06. The molecule has 0 bridgehead atoms. The molecule has 0 fully saturated rings. The number of hydrogen-bond acceptors (Lipinski definition) is 1. The summed E-state index contributed by atoms with van der Waals surface area (Å²) in [6.07, 6.45) is 10.4. The Hall–Kier alpha value is -2.16. The zero-order chi connectivity index (χ0) is 15.5. The molecule has 0 unspecified atom stereocenters. The molecule has 2 heterocycles. The summed E-state index contributed by atoms with van der Waals surface area (Å²) < 4.78 is 4.35. The van der Waals surface area contributed by atoms with E-state index in [4.69, 9.17) is 0 Å². The van der Waals surface area contributed by atoms with Gasteiger partial charge < -0.3 is 14.5 Å². The van der Waals surface area contributed by atoms with E-state index in [1.807, 2.05) is 0 Å². The lowest BCUT2D eigenvalue weighted by molar-refractivity contribution is 0.743. The summed E-state index contributed by atoms with van der Waals surface area (Å²) in [5.74, 6) is 0. The summed E-state index contributed by atoms with van der Waals surface area (Å²) in [5, 5.41) is 4.92. The van der Waals surface area contributed by atoms with Crippen LogP contribution in [0.4, 0.5) is 5.69 Å². The Morgan fingerprint density at radius 3 is 2.59 bits per heavy atom. The number of nitrogens with zero attached hydrogens (tertiary/aromatic N) is 2. The molecule has 116 valence electrons. The first-order chi connectivity index (χ1) is 10.7. The minimum atomic E-state index is 1.04. The molecular weight excluding hydrogens is 270 g/mol. The van der Waals surface area contributed by atoms with Crippen molar-refractivity contribution in [2.75, 3.05) is 11.9 Å². The van der Waals surface area contributed by atoms with Gasteiger partial charge in [0, 0.05) is 61.3 Å². The smallest absolute Gasteiger partial charge is 0.0600 e.